The molecule has 0 aromatic rings. The summed E-state index contributed by atoms with van der Waals surface area (Å²) in [4.78, 5) is 42.4. The third-order valence-corrected chi connectivity index (χ3v) is 1.35. The van der Waals surface area contributed by atoms with Gasteiger partial charge in [-0.1, -0.05) is 0 Å². The van der Waals surface area contributed by atoms with Gasteiger partial charge in [-0.3, -0.25) is 9.59 Å². The molecule has 0 radical (unpaired) electrons. The number of carbonyl (C=O) groups excluding carboxylic acids is 2. The number of hydrogen-bond acceptors (Lipinski definition) is 6. The minimum Gasteiger partial charge on any atom is -0.478 e. The van der Waals surface area contributed by atoms with Gasteiger partial charge in [0.25, 0.3) is 0 Å². The molecule has 0 bridgehead atoms. The van der Waals surface area contributed by atoms with Crippen molar-refractivity contribution >= 4 is 23.9 Å². The molecule has 0 spiro atoms. The maximum absolute atomic E-state index is 10.6. The van der Waals surface area contributed by atoms with Gasteiger partial charge in [-0.2, -0.15) is 0 Å². The van der Waals surface area contributed by atoms with Crippen molar-refractivity contribution in [3.8, 4) is 0 Å². The molecule has 2 unspecified atom stereocenters. The summed E-state index contributed by atoms with van der Waals surface area (Å²) in [5.41, 5.74) is 0. The van der Waals surface area contributed by atoms with E-state index >= 15 is 0 Å². The van der Waals surface area contributed by atoms with Crippen LogP contribution in [0.2, 0.25) is 0 Å². The lowest BCUT2D eigenvalue weighted by atomic mass is 10.2. The highest BCUT2D eigenvalue weighted by Crippen LogP contribution is 2.07. The van der Waals surface area contributed by atoms with Gasteiger partial charge in [0.1, 0.15) is 0 Å². The number of rotatable bonds is 5. The maximum atomic E-state index is 10.6. The van der Waals surface area contributed by atoms with Crippen LogP contribution < -0.4 is 0 Å². The van der Waals surface area contributed by atoms with Gasteiger partial charge < -0.3 is 25.2 Å². The third-order valence-electron chi connectivity index (χ3n) is 1.35. The number of aliphatic carboxylic acids is 2. The summed E-state index contributed by atoms with van der Waals surface area (Å²) in [7, 11) is 0. The van der Waals surface area contributed by atoms with Crippen LogP contribution in [0.15, 0.2) is 0 Å². The lowest BCUT2D eigenvalue weighted by molar-refractivity contribution is -0.185. The van der Waals surface area contributed by atoms with E-state index in [0.717, 1.165) is 13.8 Å². The van der Waals surface area contributed by atoms with Crippen LogP contribution in [0.4, 0.5) is 0 Å². The molecule has 2 atom stereocenters. The Hall–Kier alpha value is -2.16. The molecule has 0 rings (SSSR count). The molecule has 0 amide bonds. The summed E-state index contributed by atoms with van der Waals surface area (Å²) in [6.07, 6.45) is -4.14. The van der Waals surface area contributed by atoms with Crippen molar-refractivity contribution in [2.45, 2.75) is 26.1 Å². The smallest absolute Gasteiger partial charge is 0.349 e. The molecule has 9 nitrogen and oxygen atoms in total. The van der Waals surface area contributed by atoms with Crippen molar-refractivity contribution in [3.63, 3.8) is 0 Å². The largest absolute Gasteiger partial charge is 0.478 e. The highest BCUT2D eigenvalue weighted by molar-refractivity contribution is 5.87. The lowest BCUT2D eigenvalue weighted by Gasteiger charge is -2.19. The summed E-state index contributed by atoms with van der Waals surface area (Å²) >= 11 is 0. The highest BCUT2D eigenvalue weighted by Gasteiger charge is 2.39. The van der Waals surface area contributed by atoms with Crippen LogP contribution >= 0.6 is 0 Å². The molecule has 98 valence electrons. The van der Waals surface area contributed by atoms with E-state index in [9.17, 15) is 19.2 Å². The van der Waals surface area contributed by atoms with Crippen molar-refractivity contribution in [3.05, 3.63) is 0 Å². The molecule has 0 saturated carbocycles. The Balaban J connectivity index is 0. The van der Waals surface area contributed by atoms with Crippen molar-refractivity contribution in [1.82, 2.24) is 0 Å². The first-order valence-corrected chi connectivity index (χ1v) is 4.05. The predicted molar refractivity (Wildman–Crippen MR) is 50.0 cm³/mol. The monoisotopic (exact) mass is 252 g/mol. The molecular weight excluding hydrogens is 240 g/mol. The van der Waals surface area contributed by atoms with Crippen LogP contribution in [-0.2, 0) is 28.7 Å². The minimum atomic E-state index is -2.07. The molecule has 0 fully saturated rings. The standard InChI is InChI=1S/C8H10O8.H2O/c1-3(9)15-5(7(11)12)6(8(13)14)16-4(2)10;/h5-6H,1-2H3,(H,11,12)(H,13,14);1H2. The van der Waals surface area contributed by atoms with Crippen LogP contribution in [0, 0.1) is 0 Å². The molecule has 0 aliphatic heterocycles. The van der Waals surface area contributed by atoms with Gasteiger partial charge in [-0.05, 0) is 0 Å². The number of carboxylic acid groups (broad SMARTS) is 2. The van der Waals surface area contributed by atoms with E-state index in [1.54, 1.807) is 0 Å². The minimum absolute atomic E-state index is 0. The van der Waals surface area contributed by atoms with Crippen LogP contribution in [0.1, 0.15) is 13.8 Å². The first kappa shape index (κ1) is 17.2. The second kappa shape index (κ2) is 7.17. The van der Waals surface area contributed by atoms with E-state index in [2.05, 4.69) is 9.47 Å². The normalized spacial score (nSPS) is 12.6. The average Bonchev–Trinajstić information content (AvgIpc) is 2.09. The number of ether oxygens (including phenoxy) is 2. The SMILES string of the molecule is CC(=O)OC(C(=O)O)C(OC(C)=O)C(=O)O.O. The van der Waals surface area contributed by atoms with E-state index in [-0.39, 0.29) is 5.48 Å². The summed E-state index contributed by atoms with van der Waals surface area (Å²) in [6, 6.07) is 0. The first-order valence-electron chi connectivity index (χ1n) is 4.05. The van der Waals surface area contributed by atoms with E-state index in [1.165, 1.54) is 0 Å². The quantitative estimate of drug-likeness (QED) is 0.541. The zero-order valence-electron chi connectivity index (χ0n) is 9.00. The van der Waals surface area contributed by atoms with Crippen LogP contribution in [0.3, 0.4) is 0 Å². The van der Waals surface area contributed by atoms with E-state index in [1.807, 2.05) is 0 Å². The first-order chi connectivity index (χ1) is 7.25. The zero-order chi connectivity index (χ0) is 12.9. The van der Waals surface area contributed by atoms with Gasteiger partial charge in [0, 0.05) is 13.8 Å². The molecular formula is C8H12O9. The molecule has 0 aromatic heterocycles. The Kier molecular flexibility index (Phi) is 7.27. The second-order valence-corrected chi connectivity index (χ2v) is 2.74. The van der Waals surface area contributed by atoms with Crippen molar-refractivity contribution < 1.29 is 44.3 Å². The van der Waals surface area contributed by atoms with Crippen LogP contribution in [-0.4, -0.2) is 51.8 Å². The van der Waals surface area contributed by atoms with E-state index < -0.39 is 36.1 Å². The second-order valence-electron chi connectivity index (χ2n) is 2.74. The molecule has 17 heavy (non-hydrogen) atoms. The van der Waals surface area contributed by atoms with E-state index in [0.29, 0.717) is 0 Å². The van der Waals surface area contributed by atoms with Crippen LogP contribution in [0.5, 0.6) is 0 Å². The van der Waals surface area contributed by atoms with Gasteiger partial charge in [0.2, 0.25) is 12.2 Å². The summed E-state index contributed by atoms with van der Waals surface area (Å²) in [6.45, 7) is 1.81. The number of carboxylic acids is 2. The Labute approximate surface area is 95.2 Å². The fourth-order valence-electron chi connectivity index (χ4n) is 0.841. The molecule has 0 aliphatic rings. The number of carbonyl (C=O) groups is 4. The zero-order valence-corrected chi connectivity index (χ0v) is 9.00. The Bertz CT molecular complexity index is 289. The van der Waals surface area contributed by atoms with Gasteiger partial charge in [-0.25, -0.2) is 9.59 Å². The lowest BCUT2D eigenvalue weighted by Crippen LogP contribution is -2.45. The molecule has 0 saturated heterocycles. The number of hydrogen-bond donors (Lipinski definition) is 2. The van der Waals surface area contributed by atoms with Crippen molar-refractivity contribution in [2.24, 2.45) is 0 Å². The van der Waals surface area contributed by atoms with Gasteiger partial charge in [0.05, 0.1) is 0 Å². The highest BCUT2D eigenvalue weighted by atomic mass is 16.6. The molecule has 0 heterocycles. The van der Waals surface area contributed by atoms with Gasteiger partial charge >= 0.3 is 23.9 Å². The Morgan fingerprint density at radius 1 is 0.824 bits per heavy atom. The Morgan fingerprint density at radius 2 is 1.06 bits per heavy atom. The molecule has 0 aromatic carbocycles. The summed E-state index contributed by atoms with van der Waals surface area (Å²) in [5.74, 6) is -5.43. The van der Waals surface area contributed by atoms with Crippen molar-refractivity contribution in [2.75, 3.05) is 0 Å². The van der Waals surface area contributed by atoms with Crippen molar-refractivity contribution in [1.29, 1.82) is 0 Å². The fraction of sp³-hybridized carbons (Fsp3) is 0.500. The van der Waals surface area contributed by atoms with E-state index in [4.69, 9.17) is 10.2 Å². The molecule has 0 aliphatic carbocycles. The molecule has 9 heteroatoms. The van der Waals surface area contributed by atoms with Gasteiger partial charge in [0.15, 0.2) is 0 Å². The summed E-state index contributed by atoms with van der Waals surface area (Å²) in [5, 5.41) is 17.2. The summed E-state index contributed by atoms with van der Waals surface area (Å²) < 4.78 is 8.48. The fourth-order valence-corrected chi connectivity index (χ4v) is 0.841. The third kappa shape index (κ3) is 6.10. The Morgan fingerprint density at radius 3 is 1.18 bits per heavy atom. The average molecular weight is 252 g/mol. The predicted octanol–water partition coefficient (Wildman–Crippen LogP) is -1.81. The van der Waals surface area contributed by atoms with Gasteiger partial charge in [-0.15, -0.1) is 0 Å². The topological polar surface area (TPSA) is 159 Å². The van der Waals surface area contributed by atoms with Crippen LogP contribution in [0.25, 0.3) is 0 Å². The maximum Gasteiger partial charge on any atom is 0.349 e. The molecule has 4 N–H and O–H groups in total. The number of esters is 2.